The highest BCUT2D eigenvalue weighted by molar-refractivity contribution is 5.98. The Bertz CT molecular complexity index is 305. The summed E-state index contributed by atoms with van der Waals surface area (Å²) >= 11 is 0. The van der Waals surface area contributed by atoms with E-state index in [1.165, 1.54) is 19.3 Å². The average Bonchev–Trinajstić information content (AvgIpc) is 2.39. The Hall–Kier alpha value is -0.850. The quantitative estimate of drug-likeness (QED) is 0.701. The van der Waals surface area contributed by atoms with Crippen LogP contribution in [0, 0.1) is 17.9 Å². The molecule has 1 unspecified atom stereocenters. The number of carbonyl (C=O) groups excluding carboxylic acids is 1. The summed E-state index contributed by atoms with van der Waals surface area (Å²) in [7, 11) is 0. The molecule has 0 spiro atoms. The van der Waals surface area contributed by atoms with Gasteiger partial charge in [0.05, 0.1) is 0 Å². The second kappa shape index (κ2) is 5.47. The molecule has 0 aromatic rings. The summed E-state index contributed by atoms with van der Waals surface area (Å²) in [6.45, 7) is 2.19. The third kappa shape index (κ3) is 2.63. The molecule has 0 bridgehead atoms. The van der Waals surface area contributed by atoms with E-state index < -0.39 is 0 Å². The summed E-state index contributed by atoms with van der Waals surface area (Å²) in [5.74, 6) is 1.24. The van der Waals surface area contributed by atoms with Gasteiger partial charge in [0.2, 0.25) is 0 Å². The first-order valence-corrected chi connectivity index (χ1v) is 6.65. The van der Waals surface area contributed by atoms with Gasteiger partial charge in [0.25, 0.3) is 0 Å². The van der Waals surface area contributed by atoms with Crippen LogP contribution in [0.15, 0.2) is 17.7 Å². The van der Waals surface area contributed by atoms with E-state index in [2.05, 4.69) is 25.2 Å². The molecular weight excluding hydrogens is 196 g/mol. The van der Waals surface area contributed by atoms with E-state index in [0.29, 0.717) is 17.6 Å². The lowest BCUT2D eigenvalue weighted by Gasteiger charge is -2.22. The predicted octanol–water partition coefficient (Wildman–Crippen LogP) is 3.85. The van der Waals surface area contributed by atoms with Crippen molar-refractivity contribution in [3.8, 4) is 0 Å². The fourth-order valence-corrected chi connectivity index (χ4v) is 2.64. The Morgan fingerprint density at radius 2 is 2.12 bits per heavy atom. The summed E-state index contributed by atoms with van der Waals surface area (Å²) in [6, 6.07) is 0. The first-order chi connectivity index (χ1) is 7.81. The molecule has 2 aliphatic carbocycles. The van der Waals surface area contributed by atoms with Crippen LogP contribution in [0.3, 0.4) is 0 Å². The van der Waals surface area contributed by atoms with Gasteiger partial charge in [-0.05, 0) is 37.7 Å². The molecule has 2 aliphatic rings. The maximum atomic E-state index is 12.2. The molecule has 1 atom stereocenters. The van der Waals surface area contributed by atoms with Crippen molar-refractivity contribution >= 4 is 5.78 Å². The lowest BCUT2D eigenvalue weighted by atomic mass is 9.82. The number of hydrogen-bond acceptors (Lipinski definition) is 1. The average molecular weight is 217 g/mol. The van der Waals surface area contributed by atoms with E-state index in [-0.39, 0.29) is 0 Å². The molecular formula is C15H21O. The molecule has 0 aromatic carbocycles. The zero-order valence-electron chi connectivity index (χ0n) is 10.2. The van der Waals surface area contributed by atoms with Crippen LogP contribution in [-0.4, -0.2) is 5.78 Å². The molecule has 1 fully saturated rings. The lowest BCUT2D eigenvalue weighted by molar-refractivity contribution is -0.119. The number of hydrogen-bond donors (Lipinski definition) is 0. The summed E-state index contributed by atoms with van der Waals surface area (Å²) in [5, 5.41) is 0. The maximum absolute atomic E-state index is 12.2. The number of carbonyl (C=O) groups is 1. The second-order valence-corrected chi connectivity index (χ2v) is 5.03. The van der Waals surface area contributed by atoms with Crippen LogP contribution in [0.4, 0.5) is 0 Å². The highest BCUT2D eigenvalue weighted by Crippen LogP contribution is 2.28. The monoisotopic (exact) mass is 217 g/mol. The molecule has 0 aliphatic heterocycles. The normalized spacial score (nSPS) is 26.6. The van der Waals surface area contributed by atoms with Crippen molar-refractivity contribution in [2.24, 2.45) is 11.8 Å². The Labute approximate surface area is 98.6 Å². The van der Waals surface area contributed by atoms with E-state index in [4.69, 9.17) is 0 Å². The van der Waals surface area contributed by atoms with Crippen LogP contribution in [0.1, 0.15) is 51.9 Å². The van der Waals surface area contributed by atoms with Crippen molar-refractivity contribution in [2.75, 3.05) is 0 Å². The first-order valence-electron chi connectivity index (χ1n) is 6.65. The van der Waals surface area contributed by atoms with Crippen molar-refractivity contribution in [1.29, 1.82) is 0 Å². The SMILES string of the molecule is CCC1C=[C]C(C(=O)C2CCCCC2)=CC1. The van der Waals surface area contributed by atoms with Crippen molar-refractivity contribution in [2.45, 2.75) is 51.9 Å². The molecule has 87 valence electrons. The molecule has 0 amide bonds. The first kappa shape index (κ1) is 11.6. The molecule has 1 nitrogen and oxygen atoms in total. The van der Waals surface area contributed by atoms with Gasteiger partial charge in [-0.2, -0.15) is 0 Å². The fourth-order valence-electron chi connectivity index (χ4n) is 2.64. The van der Waals surface area contributed by atoms with Crippen LogP contribution in [-0.2, 0) is 4.79 Å². The zero-order valence-corrected chi connectivity index (χ0v) is 10.2. The molecule has 1 saturated carbocycles. The van der Waals surface area contributed by atoms with E-state index in [9.17, 15) is 4.79 Å². The maximum Gasteiger partial charge on any atom is 0.166 e. The summed E-state index contributed by atoms with van der Waals surface area (Å²) in [5.41, 5.74) is 0.858. The highest BCUT2D eigenvalue weighted by Gasteiger charge is 2.24. The van der Waals surface area contributed by atoms with E-state index in [0.717, 1.165) is 31.3 Å². The number of Topliss-reactive ketones (excluding diaryl/α,β-unsaturated/α-hetero) is 1. The van der Waals surface area contributed by atoms with Crippen LogP contribution < -0.4 is 0 Å². The van der Waals surface area contributed by atoms with Gasteiger partial charge in [-0.3, -0.25) is 4.79 Å². The van der Waals surface area contributed by atoms with Gasteiger partial charge in [0.15, 0.2) is 5.78 Å². The zero-order chi connectivity index (χ0) is 11.4. The van der Waals surface area contributed by atoms with E-state index in [1.54, 1.807) is 0 Å². The third-order valence-corrected chi connectivity index (χ3v) is 3.87. The Morgan fingerprint density at radius 3 is 2.69 bits per heavy atom. The Balaban J connectivity index is 1.95. The van der Waals surface area contributed by atoms with Crippen LogP contribution in [0.5, 0.6) is 0 Å². The van der Waals surface area contributed by atoms with E-state index in [1.807, 2.05) is 0 Å². The lowest BCUT2D eigenvalue weighted by Crippen LogP contribution is -2.20. The van der Waals surface area contributed by atoms with Crippen LogP contribution in [0.25, 0.3) is 0 Å². The minimum Gasteiger partial charge on any atom is -0.294 e. The molecule has 0 N–H and O–H groups in total. The van der Waals surface area contributed by atoms with Crippen LogP contribution >= 0.6 is 0 Å². The molecule has 0 saturated heterocycles. The minimum absolute atomic E-state index is 0.291. The van der Waals surface area contributed by atoms with Gasteiger partial charge in [-0.1, -0.05) is 38.3 Å². The highest BCUT2D eigenvalue weighted by atomic mass is 16.1. The number of allylic oxidation sites excluding steroid dienone is 4. The van der Waals surface area contributed by atoms with Gasteiger partial charge >= 0.3 is 0 Å². The summed E-state index contributed by atoms with van der Waals surface area (Å²) in [6.07, 6.45) is 15.5. The largest absolute Gasteiger partial charge is 0.294 e. The molecule has 1 radical (unpaired) electrons. The third-order valence-electron chi connectivity index (χ3n) is 3.87. The van der Waals surface area contributed by atoms with Gasteiger partial charge in [0, 0.05) is 11.5 Å². The van der Waals surface area contributed by atoms with Crippen molar-refractivity contribution in [3.05, 3.63) is 23.8 Å². The van der Waals surface area contributed by atoms with Gasteiger partial charge in [-0.25, -0.2) is 0 Å². The second-order valence-electron chi connectivity index (χ2n) is 5.03. The molecule has 0 heterocycles. The number of ketones is 1. The molecule has 0 aromatic heterocycles. The molecule has 2 rings (SSSR count). The molecule has 1 heteroatoms. The number of rotatable bonds is 3. The van der Waals surface area contributed by atoms with Crippen molar-refractivity contribution in [1.82, 2.24) is 0 Å². The standard InChI is InChI=1S/C15H21O/c1-2-12-8-10-14(11-9-12)15(16)13-6-4-3-5-7-13/h8,11-13H,2-7,9H2,1H3. The summed E-state index contributed by atoms with van der Waals surface area (Å²) < 4.78 is 0. The fraction of sp³-hybridized carbons (Fsp3) is 0.667. The topological polar surface area (TPSA) is 17.1 Å². The van der Waals surface area contributed by atoms with Gasteiger partial charge < -0.3 is 0 Å². The smallest absolute Gasteiger partial charge is 0.166 e. The van der Waals surface area contributed by atoms with Gasteiger partial charge in [0.1, 0.15) is 0 Å². The Kier molecular flexibility index (Phi) is 3.98. The van der Waals surface area contributed by atoms with Crippen molar-refractivity contribution in [3.63, 3.8) is 0 Å². The van der Waals surface area contributed by atoms with Crippen LogP contribution in [0.2, 0.25) is 0 Å². The van der Waals surface area contributed by atoms with Gasteiger partial charge in [-0.15, -0.1) is 0 Å². The minimum atomic E-state index is 0.291. The molecule has 16 heavy (non-hydrogen) atoms. The van der Waals surface area contributed by atoms with Crippen molar-refractivity contribution < 1.29 is 4.79 Å². The van der Waals surface area contributed by atoms with E-state index >= 15 is 0 Å². The Morgan fingerprint density at radius 1 is 1.38 bits per heavy atom. The predicted molar refractivity (Wildman–Crippen MR) is 65.9 cm³/mol. The summed E-state index contributed by atoms with van der Waals surface area (Å²) in [4.78, 5) is 12.2.